The summed E-state index contributed by atoms with van der Waals surface area (Å²) in [7, 11) is -1.69. The fourth-order valence-corrected chi connectivity index (χ4v) is 6.08. The van der Waals surface area contributed by atoms with Gasteiger partial charge in [-0.05, 0) is 50.3 Å². The van der Waals surface area contributed by atoms with E-state index < -0.39 is 10.0 Å². The Hall–Kier alpha value is -1.24. The molecule has 1 fully saturated rings. The van der Waals surface area contributed by atoms with E-state index in [4.69, 9.17) is 0 Å². The van der Waals surface area contributed by atoms with Gasteiger partial charge in [0, 0.05) is 31.6 Å². The van der Waals surface area contributed by atoms with Crippen molar-refractivity contribution in [2.24, 2.45) is 10.9 Å². The first-order chi connectivity index (χ1) is 14.3. The van der Waals surface area contributed by atoms with Gasteiger partial charge in [0.25, 0.3) is 0 Å². The minimum atomic E-state index is -3.42. The van der Waals surface area contributed by atoms with Crippen LogP contribution in [0.5, 0.6) is 0 Å². The Kier molecular flexibility index (Phi) is 9.71. The quantitative estimate of drug-likeness (QED) is 0.311. The van der Waals surface area contributed by atoms with E-state index in [0.717, 1.165) is 29.1 Å². The van der Waals surface area contributed by atoms with Crippen LogP contribution in [0.3, 0.4) is 0 Å². The van der Waals surface area contributed by atoms with Crippen LogP contribution in [0.4, 0.5) is 0 Å². The Bertz CT molecular complexity index is 990. The third kappa shape index (κ3) is 6.87. The van der Waals surface area contributed by atoms with Crippen LogP contribution < -0.4 is 10.6 Å². The molecule has 1 atom stereocenters. The molecule has 1 unspecified atom stereocenters. The van der Waals surface area contributed by atoms with Crippen molar-refractivity contribution in [3.05, 3.63) is 45.4 Å². The third-order valence-corrected chi connectivity index (χ3v) is 8.23. The number of aryl methyl sites for hydroxylation is 2. The van der Waals surface area contributed by atoms with Crippen molar-refractivity contribution in [2.75, 3.05) is 20.1 Å². The minimum absolute atomic E-state index is 0. The van der Waals surface area contributed by atoms with Crippen LogP contribution >= 0.6 is 35.3 Å². The van der Waals surface area contributed by atoms with Gasteiger partial charge in [0.05, 0.1) is 22.1 Å². The molecule has 7 nitrogen and oxygen atoms in total. The molecule has 1 aromatic heterocycles. The average molecular weight is 578 g/mol. The summed E-state index contributed by atoms with van der Waals surface area (Å²) in [5, 5.41) is 7.63. The molecule has 0 radical (unpaired) electrons. The molecule has 1 aromatic carbocycles. The first-order valence-corrected chi connectivity index (χ1v) is 12.5. The topological polar surface area (TPSA) is 86.7 Å². The van der Waals surface area contributed by atoms with Crippen LogP contribution in [0.15, 0.2) is 34.2 Å². The van der Waals surface area contributed by atoms with Crippen LogP contribution in [0.25, 0.3) is 0 Å². The molecule has 3 rings (SSSR count). The number of thiazole rings is 1. The molecule has 0 amide bonds. The van der Waals surface area contributed by atoms with E-state index in [-0.39, 0.29) is 24.0 Å². The Morgan fingerprint density at radius 1 is 1.23 bits per heavy atom. The highest BCUT2D eigenvalue weighted by Gasteiger charge is 2.28. The summed E-state index contributed by atoms with van der Waals surface area (Å²) in [6.07, 6.45) is 2.02. The zero-order valence-electron chi connectivity index (χ0n) is 18.5. The Labute approximate surface area is 206 Å². The van der Waals surface area contributed by atoms with Crippen LogP contribution in [0, 0.1) is 19.8 Å². The van der Waals surface area contributed by atoms with E-state index in [1.807, 2.05) is 26.0 Å². The lowest BCUT2D eigenvalue weighted by molar-refractivity contribution is 0.281. The Balaban J connectivity index is 0.00000341. The van der Waals surface area contributed by atoms with Gasteiger partial charge >= 0.3 is 0 Å². The number of nitrogens with one attached hydrogen (secondary N) is 2. The van der Waals surface area contributed by atoms with E-state index in [1.165, 1.54) is 4.88 Å². The number of aromatic nitrogens is 1. The van der Waals surface area contributed by atoms with Gasteiger partial charge in [-0.1, -0.05) is 19.1 Å². The number of nitrogens with zero attached hydrogens (tertiary/aromatic N) is 3. The zero-order valence-corrected chi connectivity index (χ0v) is 22.5. The zero-order chi connectivity index (χ0) is 21.7. The maximum Gasteiger partial charge on any atom is 0.243 e. The monoisotopic (exact) mass is 577 g/mol. The van der Waals surface area contributed by atoms with Gasteiger partial charge < -0.3 is 10.6 Å². The number of hydrogen-bond acceptors (Lipinski definition) is 5. The van der Waals surface area contributed by atoms with Gasteiger partial charge in [-0.2, -0.15) is 4.31 Å². The Morgan fingerprint density at radius 2 is 1.90 bits per heavy atom. The molecular formula is C21H32IN5O2S2. The second-order valence-corrected chi connectivity index (χ2v) is 11.0. The molecule has 2 aromatic rings. The second kappa shape index (κ2) is 11.6. The lowest BCUT2D eigenvalue weighted by Gasteiger charge is -2.30. The fourth-order valence-electron chi connectivity index (χ4n) is 3.60. The molecule has 31 heavy (non-hydrogen) atoms. The van der Waals surface area contributed by atoms with Crippen molar-refractivity contribution in [3.63, 3.8) is 0 Å². The summed E-state index contributed by atoms with van der Waals surface area (Å²) in [6, 6.07) is 7.12. The highest BCUT2D eigenvalue weighted by Crippen LogP contribution is 2.23. The number of guanidine groups is 1. The summed E-state index contributed by atoms with van der Waals surface area (Å²) >= 11 is 1.68. The van der Waals surface area contributed by atoms with Gasteiger partial charge in [0.1, 0.15) is 0 Å². The maximum absolute atomic E-state index is 12.9. The number of sulfonamides is 1. The van der Waals surface area contributed by atoms with Crippen molar-refractivity contribution >= 4 is 51.3 Å². The van der Waals surface area contributed by atoms with Gasteiger partial charge in [-0.15, -0.1) is 35.3 Å². The SMILES string of the molecule is CN=C(NCc1ccc(S(=O)(=O)N2CCCC(C)C2)cc1)NCc1sc(C)nc1C.I. The number of hydrogen-bond donors (Lipinski definition) is 2. The predicted molar refractivity (Wildman–Crippen MR) is 138 cm³/mol. The van der Waals surface area contributed by atoms with E-state index in [2.05, 4.69) is 27.5 Å². The van der Waals surface area contributed by atoms with E-state index in [0.29, 0.717) is 43.0 Å². The number of aliphatic imine (C=N–C) groups is 1. The fraction of sp³-hybridized carbons (Fsp3) is 0.524. The second-order valence-electron chi connectivity index (χ2n) is 7.78. The van der Waals surface area contributed by atoms with Gasteiger partial charge in [-0.3, -0.25) is 4.99 Å². The first kappa shape index (κ1) is 26.0. The smallest absolute Gasteiger partial charge is 0.243 e. The predicted octanol–water partition coefficient (Wildman–Crippen LogP) is 3.66. The summed E-state index contributed by atoms with van der Waals surface area (Å²) in [6.45, 7) is 8.56. The van der Waals surface area contributed by atoms with E-state index >= 15 is 0 Å². The molecule has 0 aliphatic carbocycles. The van der Waals surface area contributed by atoms with Crippen molar-refractivity contribution in [3.8, 4) is 0 Å². The van der Waals surface area contributed by atoms with Gasteiger partial charge in [0.15, 0.2) is 5.96 Å². The first-order valence-electron chi connectivity index (χ1n) is 10.3. The molecule has 2 heterocycles. The highest BCUT2D eigenvalue weighted by molar-refractivity contribution is 14.0. The summed E-state index contributed by atoms with van der Waals surface area (Å²) in [4.78, 5) is 10.2. The normalized spacial score (nSPS) is 17.8. The third-order valence-electron chi connectivity index (χ3n) is 5.28. The lowest BCUT2D eigenvalue weighted by atomic mass is 10.0. The van der Waals surface area contributed by atoms with Crippen molar-refractivity contribution < 1.29 is 8.42 Å². The number of benzene rings is 1. The highest BCUT2D eigenvalue weighted by atomic mass is 127. The maximum atomic E-state index is 12.9. The molecule has 1 aliphatic heterocycles. The van der Waals surface area contributed by atoms with Crippen LogP contribution in [0.2, 0.25) is 0 Å². The molecule has 172 valence electrons. The standard InChI is InChI=1S/C21H31N5O2S2.HI/c1-15-6-5-11-26(14-15)30(27,28)19-9-7-18(8-10-19)12-23-21(22-4)24-13-20-16(2)25-17(3)29-20;/h7-10,15H,5-6,11-14H2,1-4H3,(H2,22,23,24);1H. The van der Waals surface area contributed by atoms with Crippen LogP contribution in [0.1, 0.15) is 40.9 Å². The minimum Gasteiger partial charge on any atom is -0.352 e. The number of rotatable bonds is 6. The van der Waals surface area contributed by atoms with Crippen LogP contribution in [-0.2, 0) is 23.1 Å². The van der Waals surface area contributed by atoms with Crippen LogP contribution in [-0.4, -0.2) is 43.8 Å². The molecular weight excluding hydrogens is 545 g/mol. The largest absolute Gasteiger partial charge is 0.352 e. The summed E-state index contributed by atoms with van der Waals surface area (Å²) in [5.41, 5.74) is 2.04. The van der Waals surface area contributed by atoms with E-state index in [1.54, 1.807) is 34.8 Å². The summed E-state index contributed by atoms with van der Waals surface area (Å²) < 4.78 is 27.4. The molecule has 1 saturated heterocycles. The van der Waals surface area contributed by atoms with Gasteiger partial charge in [-0.25, -0.2) is 13.4 Å². The number of halogens is 1. The Morgan fingerprint density at radius 3 is 2.48 bits per heavy atom. The molecule has 2 N–H and O–H groups in total. The van der Waals surface area contributed by atoms with Gasteiger partial charge in [0.2, 0.25) is 10.0 Å². The van der Waals surface area contributed by atoms with Crippen molar-refractivity contribution in [1.82, 2.24) is 19.9 Å². The number of piperidine rings is 1. The lowest BCUT2D eigenvalue weighted by Crippen LogP contribution is -2.39. The van der Waals surface area contributed by atoms with Crippen molar-refractivity contribution in [2.45, 2.75) is 51.6 Å². The molecule has 0 spiro atoms. The summed E-state index contributed by atoms with van der Waals surface area (Å²) in [5.74, 6) is 1.10. The van der Waals surface area contributed by atoms with Crippen molar-refractivity contribution in [1.29, 1.82) is 0 Å². The van der Waals surface area contributed by atoms with E-state index in [9.17, 15) is 8.42 Å². The molecule has 10 heteroatoms. The molecule has 1 aliphatic rings. The molecule has 0 saturated carbocycles. The average Bonchev–Trinajstić information content (AvgIpc) is 3.05. The molecule has 0 bridgehead atoms.